The van der Waals surface area contributed by atoms with E-state index in [0.717, 1.165) is 19.3 Å². The first kappa shape index (κ1) is 15.2. The first-order chi connectivity index (χ1) is 8.51. The average molecular weight is 248 g/mol. The van der Waals surface area contributed by atoms with Crippen LogP contribution in [-0.2, 0) is 6.42 Å². The van der Waals surface area contributed by atoms with Crippen LogP contribution in [0.3, 0.4) is 0 Å². The lowest BCUT2D eigenvalue weighted by Gasteiger charge is -2.43. The van der Waals surface area contributed by atoms with Crippen molar-refractivity contribution >= 4 is 0 Å². The molecule has 0 spiro atoms. The van der Waals surface area contributed by atoms with Crippen LogP contribution in [0.15, 0.2) is 24.3 Å². The Morgan fingerprint density at radius 1 is 1.17 bits per heavy atom. The van der Waals surface area contributed by atoms with Crippen molar-refractivity contribution in [3.63, 3.8) is 0 Å². The summed E-state index contributed by atoms with van der Waals surface area (Å²) < 4.78 is 0. The minimum atomic E-state index is 0.0480. The highest BCUT2D eigenvalue weighted by atomic mass is 15.2. The molecule has 18 heavy (non-hydrogen) atoms. The van der Waals surface area contributed by atoms with E-state index in [2.05, 4.69) is 64.0 Å². The maximum atomic E-state index is 6.58. The van der Waals surface area contributed by atoms with E-state index in [1.165, 1.54) is 11.1 Å². The Morgan fingerprint density at radius 2 is 1.78 bits per heavy atom. The molecular formula is C16H28N2. The summed E-state index contributed by atoms with van der Waals surface area (Å²) in [6.07, 6.45) is 3.19. The van der Waals surface area contributed by atoms with Crippen molar-refractivity contribution < 1.29 is 0 Å². The van der Waals surface area contributed by atoms with Gasteiger partial charge in [0.05, 0.1) is 0 Å². The molecule has 1 aromatic carbocycles. The summed E-state index contributed by atoms with van der Waals surface area (Å²) in [6.45, 7) is 6.64. The first-order valence-electron chi connectivity index (χ1n) is 7.03. The SMILES string of the molecule is CCc1cccc(C(N)C(CC)(CC)N(C)C)c1. The third-order valence-corrected chi connectivity index (χ3v) is 4.41. The van der Waals surface area contributed by atoms with Crippen LogP contribution in [0.4, 0.5) is 0 Å². The van der Waals surface area contributed by atoms with E-state index in [9.17, 15) is 0 Å². The number of rotatable bonds is 6. The molecule has 0 aromatic heterocycles. The van der Waals surface area contributed by atoms with E-state index >= 15 is 0 Å². The molecule has 1 aromatic rings. The molecule has 0 saturated carbocycles. The van der Waals surface area contributed by atoms with Gasteiger partial charge in [-0.05, 0) is 44.5 Å². The minimum absolute atomic E-state index is 0.0480. The third kappa shape index (κ3) is 2.76. The van der Waals surface area contributed by atoms with E-state index in [0.29, 0.717) is 0 Å². The van der Waals surface area contributed by atoms with E-state index in [1.54, 1.807) is 0 Å². The summed E-state index contributed by atoms with van der Waals surface area (Å²) >= 11 is 0. The number of likely N-dealkylation sites (N-methyl/N-ethyl adjacent to an activating group) is 1. The van der Waals surface area contributed by atoms with E-state index in [4.69, 9.17) is 5.73 Å². The Bertz CT molecular complexity index is 367. The summed E-state index contributed by atoms with van der Waals surface area (Å²) in [5, 5.41) is 0. The summed E-state index contributed by atoms with van der Waals surface area (Å²) in [7, 11) is 4.27. The van der Waals surface area contributed by atoms with Gasteiger partial charge in [-0.1, -0.05) is 45.0 Å². The Labute approximate surface area is 112 Å². The first-order valence-corrected chi connectivity index (χ1v) is 7.03. The number of benzene rings is 1. The van der Waals surface area contributed by atoms with Crippen LogP contribution < -0.4 is 5.73 Å². The van der Waals surface area contributed by atoms with Crippen molar-refractivity contribution in [3.8, 4) is 0 Å². The molecule has 0 aliphatic carbocycles. The van der Waals surface area contributed by atoms with E-state index in [1.807, 2.05) is 0 Å². The Hall–Kier alpha value is -0.860. The van der Waals surface area contributed by atoms with Crippen molar-refractivity contribution in [1.82, 2.24) is 4.90 Å². The van der Waals surface area contributed by atoms with Gasteiger partial charge in [0, 0.05) is 11.6 Å². The molecule has 0 aliphatic heterocycles. The Balaban J connectivity index is 3.12. The second-order valence-electron chi connectivity index (χ2n) is 5.28. The Morgan fingerprint density at radius 3 is 2.22 bits per heavy atom. The molecule has 0 amide bonds. The quantitative estimate of drug-likeness (QED) is 0.836. The highest BCUT2D eigenvalue weighted by Gasteiger charge is 2.36. The molecule has 0 fully saturated rings. The molecule has 0 saturated heterocycles. The fourth-order valence-corrected chi connectivity index (χ4v) is 2.92. The summed E-state index contributed by atoms with van der Waals surface area (Å²) in [4.78, 5) is 2.29. The van der Waals surface area contributed by atoms with Gasteiger partial charge in [-0.25, -0.2) is 0 Å². The Kier molecular flexibility index (Phi) is 5.36. The lowest BCUT2D eigenvalue weighted by atomic mass is 9.80. The monoisotopic (exact) mass is 248 g/mol. The van der Waals surface area contributed by atoms with E-state index in [-0.39, 0.29) is 11.6 Å². The van der Waals surface area contributed by atoms with Crippen molar-refractivity contribution in [1.29, 1.82) is 0 Å². The number of nitrogens with two attached hydrogens (primary N) is 1. The molecule has 0 heterocycles. The third-order valence-electron chi connectivity index (χ3n) is 4.41. The standard InChI is InChI=1S/C16H28N2/c1-6-13-10-9-11-14(12-13)15(17)16(7-2,8-3)18(4)5/h9-12,15H,6-8,17H2,1-5H3. The van der Waals surface area contributed by atoms with Gasteiger partial charge in [-0.15, -0.1) is 0 Å². The molecule has 2 nitrogen and oxygen atoms in total. The molecule has 1 atom stereocenters. The summed E-state index contributed by atoms with van der Waals surface area (Å²) in [6, 6.07) is 8.78. The molecule has 0 radical (unpaired) electrons. The normalized spacial score (nSPS) is 13.9. The lowest BCUT2D eigenvalue weighted by molar-refractivity contribution is 0.106. The van der Waals surface area contributed by atoms with Crippen LogP contribution in [-0.4, -0.2) is 24.5 Å². The van der Waals surface area contributed by atoms with Gasteiger partial charge in [0.15, 0.2) is 0 Å². The zero-order valence-corrected chi connectivity index (χ0v) is 12.5. The van der Waals surface area contributed by atoms with Crippen LogP contribution in [0.5, 0.6) is 0 Å². The largest absolute Gasteiger partial charge is 0.322 e. The average Bonchev–Trinajstić information content (AvgIpc) is 2.40. The van der Waals surface area contributed by atoms with Crippen molar-refractivity contribution in [2.75, 3.05) is 14.1 Å². The fourth-order valence-electron chi connectivity index (χ4n) is 2.92. The number of hydrogen-bond acceptors (Lipinski definition) is 2. The summed E-state index contributed by atoms with van der Waals surface area (Å²) in [5.74, 6) is 0. The molecule has 102 valence electrons. The highest BCUT2D eigenvalue weighted by molar-refractivity contribution is 5.28. The van der Waals surface area contributed by atoms with Gasteiger partial charge in [0.1, 0.15) is 0 Å². The van der Waals surface area contributed by atoms with Crippen LogP contribution >= 0.6 is 0 Å². The van der Waals surface area contributed by atoms with Gasteiger partial charge in [-0.2, -0.15) is 0 Å². The minimum Gasteiger partial charge on any atom is -0.322 e. The predicted molar refractivity (Wildman–Crippen MR) is 79.7 cm³/mol. The van der Waals surface area contributed by atoms with Crippen LogP contribution in [0.1, 0.15) is 50.8 Å². The molecule has 1 rings (SSSR count). The molecule has 2 N–H and O–H groups in total. The lowest BCUT2D eigenvalue weighted by Crippen LogP contribution is -2.51. The summed E-state index contributed by atoms with van der Waals surface area (Å²) in [5.41, 5.74) is 9.25. The van der Waals surface area contributed by atoms with Crippen LogP contribution in [0.25, 0.3) is 0 Å². The number of aryl methyl sites for hydroxylation is 1. The van der Waals surface area contributed by atoms with Gasteiger partial charge < -0.3 is 10.6 Å². The maximum absolute atomic E-state index is 6.58. The second-order valence-corrected chi connectivity index (χ2v) is 5.28. The van der Waals surface area contributed by atoms with Crippen molar-refractivity contribution in [2.24, 2.45) is 5.73 Å². The molecule has 2 heteroatoms. The van der Waals surface area contributed by atoms with Gasteiger partial charge in [-0.3, -0.25) is 0 Å². The number of nitrogens with zero attached hydrogens (tertiary/aromatic N) is 1. The predicted octanol–water partition coefficient (Wildman–Crippen LogP) is 3.37. The van der Waals surface area contributed by atoms with Crippen LogP contribution in [0.2, 0.25) is 0 Å². The fraction of sp³-hybridized carbons (Fsp3) is 0.625. The van der Waals surface area contributed by atoms with Gasteiger partial charge in [0.25, 0.3) is 0 Å². The number of hydrogen-bond donors (Lipinski definition) is 1. The highest BCUT2D eigenvalue weighted by Crippen LogP contribution is 2.34. The zero-order chi connectivity index (χ0) is 13.8. The molecule has 0 aliphatic rings. The van der Waals surface area contributed by atoms with Gasteiger partial charge in [0.2, 0.25) is 0 Å². The smallest absolute Gasteiger partial charge is 0.0481 e. The van der Waals surface area contributed by atoms with Crippen molar-refractivity contribution in [2.45, 2.75) is 51.6 Å². The van der Waals surface area contributed by atoms with Crippen molar-refractivity contribution in [3.05, 3.63) is 35.4 Å². The molecule has 0 bridgehead atoms. The van der Waals surface area contributed by atoms with Crippen LogP contribution in [0, 0.1) is 0 Å². The topological polar surface area (TPSA) is 29.3 Å². The maximum Gasteiger partial charge on any atom is 0.0481 e. The molecular weight excluding hydrogens is 220 g/mol. The van der Waals surface area contributed by atoms with E-state index < -0.39 is 0 Å². The second kappa shape index (κ2) is 6.35. The zero-order valence-electron chi connectivity index (χ0n) is 12.5. The van der Waals surface area contributed by atoms with Gasteiger partial charge >= 0.3 is 0 Å². The molecule has 1 unspecified atom stereocenters.